The summed E-state index contributed by atoms with van der Waals surface area (Å²) < 4.78 is 0. The fourth-order valence-electron chi connectivity index (χ4n) is 1.52. The minimum atomic E-state index is -0.925. The molecule has 2 nitrogen and oxygen atoms in total. The first kappa shape index (κ1) is 14.3. The molecule has 0 heterocycles. The van der Waals surface area contributed by atoms with Crippen LogP contribution in [0, 0.1) is 0 Å². The monoisotopic (exact) mass is 312 g/mol. The Balaban J connectivity index is 2.08. The van der Waals surface area contributed by atoms with Gasteiger partial charge < -0.3 is 5.11 Å². The number of hydrogen-bond acceptors (Lipinski definition) is 2. The van der Waals surface area contributed by atoms with Crippen molar-refractivity contribution >= 4 is 40.9 Å². The predicted octanol–water partition coefficient (Wildman–Crippen LogP) is 4.98. The number of carboxylic acids is 1. The first-order valence-electron chi connectivity index (χ1n) is 5.47. The molecule has 0 bridgehead atoms. The largest absolute Gasteiger partial charge is 0.478 e. The maximum atomic E-state index is 10.7. The molecule has 0 unspecified atom stereocenters. The molecule has 19 heavy (non-hydrogen) atoms. The summed E-state index contributed by atoms with van der Waals surface area (Å²) >= 11 is 13.7. The van der Waals surface area contributed by atoms with Gasteiger partial charge in [0.1, 0.15) is 0 Å². The minimum Gasteiger partial charge on any atom is -0.478 e. The summed E-state index contributed by atoms with van der Waals surface area (Å²) in [6.07, 6.45) is 0. The Labute approximate surface area is 125 Å². The highest BCUT2D eigenvalue weighted by Crippen LogP contribution is 2.31. The van der Waals surface area contributed by atoms with Gasteiger partial charge in [0.05, 0.1) is 5.56 Å². The van der Waals surface area contributed by atoms with Gasteiger partial charge >= 0.3 is 5.97 Å². The van der Waals surface area contributed by atoms with Crippen LogP contribution in [0.1, 0.15) is 15.9 Å². The molecular weight excluding hydrogens is 303 g/mol. The van der Waals surface area contributed by atoms with Crippen molar-refractivity contribution in [1.29, 1.82) is 0 Å². The molecular formula is C14H10Cl2O2S. The number of carbonyl (C=O) groups is 1. The Kier molecular flexibility index (Phi) is 4.75. The van der Waals surface area contributed by atoms with Gasteiger partial charge in [0.2, 0.25) is 0 Å². The van der Waals surface area contributed by atoms with Crippen molar-refractivity contribution in [2.45, 2.75) is 10.6 Å². The molecule has 2 rings (SSSR count). The zero-order valence-corrected chi connectivity index (χ0v) is 12.1. The Hall–Kier alpha value is -1.16. The van der Waals surface area contributed by atoms with Crippen LogP contribution in [0.15, 0.2) is 47.4 Å². The molecule has 0 amide bonds. The molecule has 0 saturated heterocycles. The average Bonchev–Trinajstić information content (AvgIpc) is 2.38. The molecule has 0 spiro atoms. The second-order valence-electron chi connectivity index (χ2n) is 3.82. The fourth-order valence-corrected chi connectivity index (χ4v) is 3.16. The lowest BCUT2D eigenvalue weighted by Crippen LogP contribution is -1.94. The fraction of sp³-hybridized carbons (Fsp3) is 0.0714. The normalized spacial score (nSPS) is 10.4. The third-order valence-corrected chi connectivity index (χ3v) is 4.29. The molecule has 2 aromatic rings. The van der Waals surface area contributed by atoms with Crippen molar-refractivity contribution in [1.82, 2.24) is 0 Å². The highest BCUT2D eigenvalue weighted by molar-refractivity contribution is 7.98. The van der Waals surface area contributed by atoms with Gasteiger partial charge in [-0.2, -0.15) is 0 Å². The van der Waals surface area contributed by atoms with Crippen LogP contribution in [0.4, 0.5) is 0 Å². The van der Waals surface area contributed by atoms with Gasteiger partial charge in [-0.1, -0.05) is 29.3 Å². The minimum absolute atomic E-state index is 0.278. The first-order valence-corrected chi connectivity index (χ1v) is 7.21. The molecule has 0 aliphatic heterocycles. The van der Waals surface area contributed by atoms with Crippen LogP contribution in [-0.4, -0.2) is 11.1 Å². The number of thioether (sulfide) groups is 1. The van der Waals surface area contributed by atoms with Gasteiger partial charge in [-0.25, -0.2) is 4.79 Å². The van der Waals surface area contributed by atoms with Crippen LogP contribution >= 0.6 is 35.0 Å². The zero-order valence-electron chi connectivity index (χ0n) is 9.77. The quantitative estimate of drug-likeness (QED) is 0.809. The van der Waals surface area contributed by atoms with E-state index in [9.17, 15) is 4.79 Å². The van der Waals surface area contributed by atoms with E-state index in [0.717, 1.165) is 10.5 Å². The predicted molar refractivity (Wildman–Crippen MR) is 79.4 cm³/mol. The summed E-state index contributed by atoms with van der Waals surface area (Å²) in [5.74, 6) is -0.282. The summed E-state index contributed by atoms with van der Waals surface area (Å²) in [5, 5.41) is 10.1. The van der Waals surface area contributed by atoms with Crippen molar-refractivity contribution < 1.29 is 9.90 Å². The maximum Gasteiger partial charge on any atom is 0.335 e. The van der Waals surface area contributed by atoms with E-state index in [0.29, 0.717) is 15.8 Å². The van der Waals surface area contributed by atoms with E-state index in [2.05, 4.69) is 0 Å². The molecule has 98 valence electrons. The van der Waals surface area contributed by atoms with Gasteiger partial charge in [0.25, 0.3) is 0 Å². The third kappa shape index (κ3) is 3.66. The SMILES string of the molecule is O=C(O)c1ccc(SCc2c(Cl)cccc2Cl)cc1. The van der Waals surface area contributed by atoms with E-state index in [4.69, 9.17) is 28.3 Å². The number of halogens is 2. The van der Waals surface area contributed by atoms with Gasteiger partial charge in [-0.15, -0.1) is 11.8 Å². The molecule has 0 aromatic heterocycles. The lowest BCUT2D eigenvalue weighted by molar-refractivity contribution is 0.0697. The summed E-state index contributed by atoms with van der Waals surface area (Å²) in [5.41, 5.74) is 1.17. The molecule has 5 heteroatoms. The Bertz CT molecular complexity index is 577. The molecule has 1 N–H and O–H groups in total. The van der Waals surface area contributed by atoms with Crippen LogP contribution in [0.25, 0.3) is 0 Å². The first-order chi connectivity index (χ1) is 9.08. The molecule has 0 fully saturated rings. The second-order valence-corrected chi connectivity index (χ2v) is 5.68. The number of hydrogen-bond donors (Lipinski definition) is 1. The lowest BCUT2D eigenvalue weighted by atomic mass is 10.2. The molecule has 0 aliphatic carbocycles. The highest BCUT2D eigenvalue weighted by atomic mass is 35.5. The van der Waals surface area contributed by atoms with Crippen LogP contribution in [0.3, 0.4) is 0 Å². The number of aromatic carboxylic acids is 1. The van der Waals surface area contributed by atoms with Gasteiger partial charge in [-0.3, -0.25) is 0 Å². The van der Waals surface area contributed by atoms with E-state index in [1.54, 1.807) is 54.2 Å². The topological polar surface area (TPSA) is 37.3 Å². The van der Waals surface area contributed by atoms with Gasteiger partial charge in [0, 0.05) is 20.7 Å². The van der Waals surface area contributed by atoms with Crippen molar-refractivity contribution in [3.05, 3.63) is 63.6 Å². The van der Waals surface area contributed by atoms with Crippen LogP contribution in [0.2, 0.25) is 10.0 Å². The summed E-state index contributed by atoms with van der Waals surface area (Å²) in [6.45, 7) is 0. The Morgan fingerprint density at radius 3 is 2.16 bits per heavy atom. The third-order valence-electron chi connectivity index (χ3n) is 2.55. The second kappa shape index (κ2) is 6.33. The Morgan fingerprint density at radius 1 is 1.05 bits per heavy atom. The van der Waals surface area contributed by atoms with E-state index in [-0.39, 0.29) is 5.56 Å². The molecule has 0 atom stereocenters. The Morgan fingerprint density at radius 2 is 1.63 bits per heavy atom. The maximum absolute atomic E-state index is 10.7. The van der Waals surface area contributed by atoms with E-state index < -0.39 is 5.97 Å². The molecule has 0 radical (unpaired) electrons. The molecule has 0 aliphatic rings. The van der Waals surface area contributed by atoms with Gasteiger partial charge in [0.15, 0.2) is 0 Å². The average molecular weight is 313 g/mol. The number of carboxylic acid groups (broad SMARTS) is 1. The summed E-state index contributed by atoms with van der Waals surface area (Å²) in [7, 11) is 0. The van der Waals surface area contributed by atoms with Crippen molar-refractivity contribution in [3.63, 3.8) is 0 Å². The van der Waals surface area contributed by atoms with Crippen LogP contribution in [0.5, 0.6) is 0 Å². The number of rotatable bonds is 4. The summed E-state index contributed by atoms with van der Waals surface area (Å²) in [4.78, 5) is 11.7. The highest BCUT2D eigenvalue weighted by Gasteiger charge is 2.07. The van der Waals surface area contributed by atoms with E-state index >= 15 is 0 Å². The van der Waals surface area contributed by atoms with Crippen molar-refractivity contribution in [3.8, 4) is 0 Å². The van der Waals surface area contributed by atoms with Crippen LogP contribution < -0.4 is 0 Å². The standard InChI is InChI=1S/C14H10Cl2O2S/c15-12-2-1-3-13(16)11(12)8-19-10-6-4-9(5-7-10)14(17)18/h1-7H,8H2,(H,17,18). The lowest BCUT2D eigenvalue weighted by Gasteiger charge is -2.06. The summed E-state index contributed by atoms with van der Waals surface area (Å²) in [6, 6.07) is 12.1. The zero-order chi connectivity index (χ0) is 13.8. The van der Waals surface area contributed by atoms with Gasteiger partial charge in [-0.05, 0) is 42.0 Å². The van der Waals surface area contributed by atoms with Crippen molar-refractivity contribution in [2.24, 2.45) is 0 Å². The number of benzene rings is 2. The van der Waals surface area contributed by atoms with Crippen molar-refractivity contribution in [2.75, 3.05) is 0 Å². The van der Waals surface area contributed by atoms with E-state index in [1.165, 1.54) is 0 Å². The molecule has 2 aromatic carbocycles. The van der Waals surface area contributed by atoms with E-state index in [1.807, 2.05) is 0 Å². The van der Waals surface area contributed by atoms with Crippen LogP contribution in [-0.2, 0) is 5.75 Å². The smallest absolute Gasteiger partial charge is 0.335 e. The molecule has 0 saturated carbocycles.